The van der Waals surface area contributed by atoms with Crippen molar-refractivity contribution in [3.8, 4) is 10.7 Å². The largest absolute Gasteiger partial charge is 0.370 e. The van der Waals surface area contributed by atoms with Gasteiger partial charge < -0.3 is 5.32 Å². The monoisotopic (exact) mass is 206 g/mol. The van der Waals surface area contributed by atoms with Crippen molar-refractivity contribution in [2.24, 2.45) is 0 Å². The summed E-state index contributed by atoms with van der Waals surface area (Å²) < 4.78 is 4.02. The van der Waals surface area contributed by atoms with E-state index in [4.69, 9.17) is 0 Å². The van der Waals surface area contributed by atoms with Gasteiger partial charge in [-0.2, -0.15) is 0 Å². The van der Waals surface area contributed by atoms with Gasteiger partial charge in [-0.1, -0.05) is 0 Å². The van der Waals surface area contributed by atoms with Gasteiger partial charge in [0.25, 0.3) is 0 Å². The van der Waals surface area contributed by atoms with Crippen molar-refractivity contribution in [2.45, 2.75) is 6.92 Å². The predicted molar refractivity (Wildman–Crippen MR) is 57.3 cm³/mol. The molecule has 2 aromatic heterocycles. The summed E-state index contributed by atoms with van der Waals surface area (Å²) in [5, 5.41) is 3.14. The third kappa shape index (κ3) is 1.88. The molecule has 5 heteroatoms. The van der Waals surface area contributed by atoms with Gasteiger partial charge in [0.05, 0.1) is 4.88 Å². The molecule has 2 rings (SSSR count). The Kier molecular flexibility index (Phi) is 2.69. The summed E-state index contributed by atoms with van der Waals surface area (Å²) in [4.78, 5) is 9.53. The average Bonchev–Trinajstić information content (AvgIpc) is 2.71. The molecule has 0 unspecified atom stereocenters. The fourth-order valence-corrected chi connectivity index (χ4v) is 1.63. The van der Waals surface area contributed by atoms with Crippen molar-refractivity contribution < 1.29 is 0 Å². The number of nitrogens with zero attached hydrogens (tertiary/aromatic N) is 3. The van der Waals surface area contributed by atoms with Crippen LogP contribution in [0.2, 0.25) is 0 Å². The summed E-state index contributed by atoms with van der Waals surface area (Å²) in [6.45, 7) is 2.90. The number of aromatic nitrogens is 3. The van der Waals surface area contributed by atoms with Gasteiger partial charge in [-0.25, -0.2) is 14.3 Å². The lowest BCUT2D eigenvalue weighted by atomic mass is 10.4. The fourth-order valence-electron chi connectivity index (χ4n) is 1.09. The summed E-state index contributed by atoms with van der Waals surface area (Å²) in [7, 11) is 0. The van der Waals surface area contributed by atoms with Crippen LogP contribution in [0.1, 0.15) is 6.92 Å². The number of anilines is 1. The van der Waals surface area contributed by atoms with E-state index < -0.39 is 0 Å². The van der Waals surface area contributed by atoms with Gasteiger partial charge in [-0.05, 0) is 30.6 Å². The van der Waals surface area contributed by atoms with Crippen LogP contribution >= 0.6 is 11.5 Å². The van der Waals surface area contributed by atoms with Crippen LogP contribution in [0.4, 0.5) is 5.82 Å². The highest BCUT2D eigenvalue weighted by molar-refractivity contribution is 7.09. The Bertz CT molecular complexity index is 399. The Hall–Kier alpha value is -1.49. The third-order valence-corrected chi connectivity index (χ3v) is 2.41. The molecule has 2 aromatic rings. The highest BCUT2D eigenvalue weighted by atomic mass is 32.1. The van der Waals surface area contributed by atoms with Crippen molar-refractivity contribution in [3.05, 3.63) is 24.5 Å². The van der Waals surface area contributed by atoms with Gasteiger partial charge in [0, 0.05) is 18.9 Å². The van der Waals surface area contributed by atoms with Crippen LogP contribution in [-0.2, 0) is 0 Å². The smallest absolute Gasteiger partial charge is 0.173 e. The van der Waals surface area contributed by atoms with Crippen LogP contribution < -0.4 is 5.32 Å². The summed E-state index contributed by atoms with van der Waals surface area (Å²) in [6, 6.07) is 3.77. The van der Waals surface area contributed by atoms with Gasteiger partial charge in [-0.3, -0.25) is 0 Å². The van der Waals surface area contributed by atoms with Crippen LogP contribution in [0.3, 0.4) is 0 Å². The Morgan fingerprint density at radius 2 is 2.29 bits per heavy atom. The zero-order chi connectivity index (χ0) is 9.80. The molecule has 2 heterocycles. The molecule has 0 spiro atoms. The van der Waals surface area contributed by atoms with E-state index in [2.05, 4.69) is 19.7 Å². The molecule has 0 aromatic carbocycles. The normalized spacial score (nSPS) is 10.1. The summed E-state index contributed by atoms with van der Waals surface area (Å²) in [6.07, 6.45) is 3.50. The minimum absolute atomic E-state index is 0.728. The molecule has 0 amide bonds. The maximum absolute atomic E-state index is 4.35. The van der Waals surface area contributed by atoms with E-state index >= 15 is 0 Å². The second kappa shape index (κ2) is 4.15. The maximum atomic E-state index is 4.35. The molecule has 0 bridgehead atoms. The van der Waals surface area contributed by atoms with Crippen molar-refractivity contribution in [2.75, 3.05) is 11.9 Å². The standard InChI is InChI=1S/C9H10N4S/c1-2-10-8-4-5-11-9(13-8)7-3-6-12-14-7/h3-6H,2H2,1H3,(H,10,11,13). The molecule has 0 aliphatic heterocycles. The Morgan fingerprint density at radius 3 is 3.00 bits per heavy atom. The first-order valence-electron chi connectivity index (χ1n) is 4.38. The molecule has 0 aliphatic rings. The first kappa shape index (κ1) is 9.08. The van der Waals surface area contributed by atoms with Crippen LogP contribution in [0, 0.1) is 0 Å². The second-order valence-electron chi connectivity index (χ2n) is 2.67. The number of hydrogen-bond acceptors (Lipinski definition) is 5. The van der Waals surface area contributed by atoms with Gasteiger partial charge in [0.2, 0.25) is 0 Å². The van der Waals surface area contributed by atoms with E-state index in [0.717, 1.165) is 23.1 Å². The Morgan fingerprint density at radius 1 is 1.36 bits per heavy atom. The van der Waals surface area contributed by atoms with E-state index in [0.29, 0.717) is 0 Å². The van der Waals surface area contributed by atoms with E-state index in [1.165, 1.54) is 11.5 Å². The van der Waals surface area contributed by atoms with Gasteiger partial charge in [0.15, 0.2) is 5.82 Å². The molecular formula is C9H10N4S. The molecule has 72 valence electrons. The average molecular weight is 206 g/mol. The lowest BCUT2D eigenvalue weighted by Crippen LogP contribution is -2.00. The summed E-state index contributed by atoms with van der Waals surface area (Å²) >= 11 is 1.40. The first-order valence-corrected chi connectivity index (χ1v) is 5.15. The van der Waals surface area contributed by atoms with E-state index in [9.17, 15) is 0 Å². The quantitative estimate of drug-likeness (QED) is 0.834. The van der Waals surface area contributed by atoms with E-state index in [1.54, 1.807) is 12.4 Å². The number of nitrogens with one attached hydrogen (secondary N) is 1. The van der Waals surface area contributed by atoms with Gasteiger partial charge >= 0.3 is 0 Å². The molecule has 0 saturated heterocycles. The minimum Gasteiger partial charge on any atom is -0.370 e. The van der Waals surface area contributed by atoms with E-state index in [1.807, 2.05) is 19.1 Å². The van der Waals surface area contributed by atoms with E-state index in [-0.39, 0.29) is 0 Å². The van der Waals surface area contributed by atoms with Crippen molar-refractivity contribution in [1.29, 1.82) is 0 Å². The molecule has 0 atom stereocenters. The van der Waals surface area contributed by atoms with Crippen LogP contribution in [0.15, 0.2) is 24.5 Å². The third-order valence-electron chi connectivity index (χ3n) is 1.67. The molecular weight excluding hydrogens is 196 g/mol. The molecule has 1 N–H and O–H groups in total. The number of rotatable bonds is 3. The van der Waals surface area contributed by atoms with Gasteiger partial charge in [-0.15, -0.1) is 0 Å². The van der Waals surface area contributed by atoms with Crippen molar-refractivity contribution >= 4 is 17.4 Å². The zero-order valence-electron chi connectivity index (χ0n) is 7.77. The Balaban J connectivity index is 2.31. The summed E-state index contributed by atoms with van der Waals surface area (Å²) in [5.41, 5.74) is 0. The SMILES string of the molecule is CCNc1ccnc(-c2ccns2)n1. The van der Waals surface area contributed by atoms with Crippen LogP contribution in [0.25, 0.3) is 10.7 Å². The van der Waals surface area contributed by atoms with Crippen LogP contribution in [-0.4, -0.2) is 20.9 Å². The molecule has 0 aliphatic carbocycles. The first-order chi connectivity index (χ1) is 6.90. The van der Waals surface area contributed by atoms with Crippen LogP contribution in [0.5, 0.6) is 0 Å². The summed E-state index contributed by atoms with van der Waals surface area (Å²) in [5.74, 6) is 1.58. The zero-order valence-corrected chi connectivity index (χ0v) is 8.58. The van der Waals surface area contributed by atoms with Crippen molar-refractivity contribution in [3.63, 3.8) is 0 Å². The Labute approximate surface area is 86.2 Å². The molecule has 0 fully saturated rings. The number of hydrogen-bond donors (Lipinski definition) is 1. The highest BCUT2D eigenvalue weighted by Crippen LogP contribution is 2.19. The topological polar surface area (TPSA) is 50.7 Å². The van der Waals surface area contributed by atoms with Gasteiger partial charge in [0.1, 0.15) is 5.82 Å². The second-order valence-corrected chi connectivity index (χ2v) is 3.51. The molecule has 0 radical (unpaired) electrons. The molecule has 4 nitrogen and oxygen atoms in total. The lowest BCUT2D eigenvalue weighted by Gasteiger charge is -2.02. The highest BCUT2D eigenvalue weighted by Gasteiger charge is 2.03. The maximum Gasteiger partial charge on any atom is 0.173 e. The fraction of sp³-hybridized carbons (Fsp3) is 0.222. The predicted octanol–water partition coefficient (Wildman–Crippen LogP) is 2.03. The molecule has 14 heavy (non-hydrogen) atoms. The van der Waals surface area contributed by atoms with Crippen molar-refractivity contribution in [1.82, 2.24) is 14.3 Å². The lowest BCUT2D eigenvalue weighted by molar-refractivity contribution is 1.12. The minimum atomic E-state index is 0.728. The molecule has 0 saturated carbocycles.